The first-order chi connectivity index (χ1) is 13.7. The van der Waals surface area contributed by atoms with Crippen LogP contribution in [0.2, 0.25) is 0 Å². The molecular formula is C21H29N3O3S. The van der Waals surface area contributed by atoms with Crippen LogP contribution in [0.1, 0.15) is 32.1 Å². The minimum Gasteiger partial charge on any atom is -0.381 e. The zero-order valence-electron chi connectivity index (χ0n) is 16.1. The largest absolute Gasteiger partial charge is 0.381 e. The summed E-state index contributed by atoms with van der Waals surface area (Å²) in [5.74, 6) is 0.989. The van der Waals surface area contributed by atoms with Crippen LogP contribution in [-0.4, -0.2) is 48.2 Å². The van der Waals surface area contributed by atoms with Crippen molar-refractivity contribution >= 4 is 29.3 Å². The zero-order chi connectivity index (χ0) is 19.3. The van der Waals surface area contributed by atoms with Crippen LogP contribution >= 0.6 is 11.8 Å². The summed E-state index contributed by atoms with van der Waals surface area (Å²) < 4.78 is 5.42. The molecule has 0 bridgehead atoms. The first-order valence-electron chi connectivity index (χ1n) is 10.3. The van der Waals surface area contributed by atoms with Gasteiger partial charge in [0.1, 0.15) is 0 Å². The van der Waals surface area contributed by atoms with Gasteiger partial charge in [-0.2, -0.15) is 11.8 Å². The molecule has 2 aliphatic heterocycles. The Bertz CT molecular complexity index is 681. The van der Waals surface area contributed by atoms with Gasteiger partial charge in [0.15, 0.2) is 0 Å². The molecular weight excluding hydrogens is 374 g/mol. The van der Waals surface area contributed by atoms with Crippen molar-refractivity contribution in [3.05, 3.63) is 30.3 Å². The van der Waals surface area contributed by atoms with Crippen molar-refractivity contribution in [2.45, 2.75) is 49.6 Å². The van der Waals surface area contributed by atoms with Gasteiger partial charge >= 0.3 is 0 Å². The number of ether oxygens (including phenoxy) is 1. The van der Waals surface area contributed by atoms with Crippen molar-refractivity contribution in [1.29, 1.82) is 0 Å². The number of carbonyl (C=O) groups is 2. The molecule has 3 N–H and O–H groups in total. The maximum atomic E-state index is 12.7. The summed E-state index contributed by atoms with van der Waals surface area (Å²) in [4.78, 5) is 25.3. The number of amides is 2. The van der Waals surface area contributed by atoms with Gasteiger partial charge in [-0.05, 0) is 44.2 Å². The lowest BCUT2D eigenvalue weighted by atomic mass is 9.76. The molecule has 1 saturated carbocycles. The summed E-state index contributed by atoms with van der Waals surface area (Å²) in [6, 6.07) is 9.65. The Morgan fingerprint density at radius 2 is 1.93 bits per heavy atom. The molecule has 6 nitrogen and oxygen atoms in total. The minimum atomic E-state index is -0.0522. The van der Waals surface area contributed by atoms with Crippen molar-refractivity contribution in [3.63, 3.8) is 0 Å². The third-order valence-corrected chi connectivity index (χ3v) is 7.47. The van der Waals surface area contributed by atoms with Crippen molar-refractivity contribution in [2.75, 3.05) is 24.3 Å². The Morgan fingerprint density at radius 1 is 1.14 bits per heavy atom. The van der Waals surface area contributed by atoms with Gasteiger partial charge < -0.3 is 15.4 Å². The molecule has 0 spiro atoms. The Labute approximate surface area is 170 Å². The quantitative estimate of drug-likeness (QED) is 0.703. The molecule has 7 heteroatoms. The second-order valence-electron chi connectivity index (χ2n) is 7.95. The smallest absolute Gasteiger partial charge is 0.227 e. The Balaban J connectivity index is 1.30. The molecule has 4 unspecified atom stereocenters. The molecule has 1 aromatic carbocycles. The molecule has 3 fully saturated rings. The van der Waals surface area contributed by atoms with Gasteiger partial charge in [-0.25, -0.2) is 0 Å². The topological polar surface area (TPSA) is 79.5 Å². The number of benzene rings is 1. The number of fused-ring (bicyclic) bond motifs is 1. The summed E-state index contributed by atoms with van der Waals surface area (Å²) in [5.41, 5.74) is 0.828. The fraction of sp³-hybridized carbons (Fsp3) is 0.619. The average molecular weight is 404 g/mol. The maximum absolute atomic E-state index is 12.7. The summed E-state index contributed by atoms with van der Waals surface area (Å²) in [6.45, 7) is 1.68. The molecule has 4 rings (SSSR count). The van der Waals surface area contributed by atoms with E-state index >= 15 is 0 Å². The van der Waals surface area contributed by atoms with Gasteiger partial charge in [-0.15, -0.1) is 0 Å². The highest BCUT2D eigenvalue weighted by molar-refractivity contribution is 7.99. The lowest BCUT2D eigenvalue weighted by molar-refractivity contribution is -0.133. The molecule has 1 aliphatic carbocycles. The number of rotatable bonds is 5. The number of carbonyl (C=O) groups excluding carboxylic acids is 2. The first-order valence-corrected chi connectivity index (χ1v) is 11.4. The lowest BCUT2D eigenvalue weighted by Crippen LogP contribution is -2.64. The Kier molecular flexibility index (Phi) is 6.54. The average Bonchev–Trinajstić information content (AvgIpc) is 2.73. The van der Waals surface area contributed by atoms with Crippen LogP contribution in [0.5, 0.6) is 0 Å². The van der Waals surface area contributed by atoms with E-state index in [-0.39, 0.29) is 35.9 Å². The van der Waals surface area contributed by atoms with E-state index in [0.29, 0.717) is 5.25 Å². The van der Waals surface area contributed by atoms with Crippen LogP contribution in [0.3, 0.4) is 0 Å². The van der Waals surface area contributed by atoms with Crippen molar-refractivity contribution in [2.24, 2.45) is 11.8 Å². The molecule has 4 atom stereocenters. The SMILES string of the molecule is O=C(Nc1ccccc1)C1CCC2C(=O)NC(CSC3CCOCC3)NC2C1. The zero-order valence-corrected chi connectivity index (χ0v) is 16.9. The standard InChI is InChI=1S/C21H29N3O3S/c25-20(22-15-4-2-1-3-5-15)14-6-7-17-18(12-14)23-19(24-21(17)26)13-28-16-8-10-27-11-9-16/h1-5,14,16-19,23H,6-13H2,(H,22,25)(H,24,26). The second kappa shape index (κ2) is 9.29. The van der Waals surface area contributed by atoms with Gasteiger partial charge in [0.2, 0.25) is 11.8 Å². The summed E-state index contributed by atoms with van der Waals surface area (Å²) in [7, 11) is 0. The summed E-state index contributed by atoms with van der Waals surface area (Å²) >= 11 is 1.92. The second-order valence-corrected chi connectivity index (χ2v) is 9.28. The highest BCUT2D eigenvalue weighted by Crippen LogP contribution is 2.33. The number of hydrogen-bond donors (Lipinski definition) is 3. The fourth-order valence-corrected chi connectivity index (χ4v) is 5.59. The monoisotopic (exact) mass is 403 g/mol. The molecule has 2 amide bonds. The van der Waals surface area contributed by atoms with Crippen LogP contribution in [-0.2, 0) is 14.3 Å². The van der Waals surface area contributed by atoms with Crippen LogP contribution in [0.25, 0.3) is 0 Å². The number of anilines is 1. The first kappa shape index (κ1) is 19.7. The molecule has 152 valence electrons. The number of para-hydroxylation sites is 1. The molecule has 0 aromatic heterocycles. The molecule has 3 aliphatic rings. The predicted molar refractivity (Wildman–Crippen MR) is 111 cm³/mol. The Hall–Kier alpha value is -1.57. The van der Waals surface area contributed by atoms with Crippen LogP contribution < -0.4 is 16.0 Å². The highest BCUT2D eigenvalue weighted by Gasteiger charge is 2.42. The van der Waals surface area contributed by atoms with E-state index in [1.54, 1.807) is 0 Å². The number of hydrogen-bond acceptors (Lipinski definition) is 5. The molecule has 1 aromatic rings. The lowest BCUT2D eigenvalue weighted by Gasteiger charge is -2.42. The summed E-state index contributed by atoms with van der Waals surface area (Å²) in [6.07, 6.45) is 4.39. The molecule has 0 radical (unpaired) electrons. The maximum Gasteiger partial charge on any atom is 0.227 e. The van der Waals surface area contributed by atoms with E-state index in [1.807, 2.05) is 42.1 Å². The van der Waals surface area contributed by atoms with Crippen molar-refractivity contribution in [1.82, 2.24) is 10.6 Å². The van der Waals surface area contributed by atoms with E-state index in [2.05, 4.69) is 16.0 Å². The van der Waals surface area contributed by atoms with Gasteiger partial charge in [-0.3, -0.25) is 14.9 Å². The van der Waals surface area contributed by atoms with Crippen molar-refractivity contribution in [3.8, 4) is 0 Å². The number of nitrogens with one attached hydrogen (secondary N) is 3. The van der Waals surface area contributed by atoms with Gasteiger partial charge in [-0.1, -0.05) is 18.2 Å². The normalized spacial score (nSPS) is 30.9. The van der Waals surface area contributed by atoms with E-state index < -0.39 is 0 Å². The van der Waals surface area contributed by atoms with E-state index in [1.165, 1.54) is 0 Å². The molecule has 2 heterocycles. The third kappa shape index (κ3) is 4.88. The molecule has 2 saturated heterocycles. The van der Waals surface area contributed by atoms with Crippen LogP contribution in [0.4, 0.5) is 5.69 Å². The minimum absolute atomic E-state index is 0.0162. The Morgan fingerprint density at radius 3 is 2.71 bits per heavy atom. The van der Waals surface area contributed by atoms with Gasteiger partial charge in [0.25, 0.3) is 0 Å². The van der Waals surface area contributed by atoms with Crippen molar-refractivity contribution < 1.29 is 14.3 Å². The molecule has 28 heavy (non-hydrogen) atoms. The summed E-state index contributed by atoms with van der Waals surface area (Å²) in [5, 5.41) is 10.4. The fourth-order valence-electron chi connectivity index (χ4n) is 4.42. The predicted octanol–water partition coefficient (Wildman–Crippen LogP) is 2.37. The van der Waals surface area contributed by atoms with Crippen LogP contribution in [0.15, 0.2) is 30.3 Å². The number of thioether (sulfide) groups is 1. The third-order valence-electron chi connectivity index (χ3n) is 6.00. The van der Waals surface area contributed by atoms with Gasteiger partial charge in [0.05, 0.1) is 12.1 Å². The van der Waals surface area contributed by atoms with E-state index in [4.69, 9.17) is 4.74 Å². The van der Waals surface area contributed by atoms with E-state index in [0.717, 1.165) is 56.8 Å². The highest BCUT2D eigenvalue weighted by atomic mass is 32.2. The van der Waals surface area contributed by atoms with Crippen LogP contribution in [0, 0.1) is 11.8 Å². The van der Waals surface area contributed by atoms with E-state index in [9.17, 15) is 9.59 Å². The van der Waals surface area contributed by atoms with Gasteiger partial charge in [0, 0.05) is 41.9 Å².